The third-order valence-electron chi connectivity index (χ3n) is 9.53. The fourth-order valence-electron chi connectivity index (χ4n) is 6.44. The number of hydrogen-bond donors (Lipinski definition) is 1. The van der Waals surface area contributed by atoms with Crippen molar-refractivity contribution in [3.8, 4) is 22.3 Å². The van der Waals surface area contributed by atoms with Crippen LogP contribution in [0.25, 0.3) is 22.3 Å². The lowest BCUT2D eigenvalue weighted by Gasteiger charge is -2.31. The number of rotatable bonds is 7. The normalized spacial score (nSPS) is 12.1. The Hall–Kier alpha value is -5.08. The molecular weight excluding hydrogens is 605 g/mol. The molecular formula is C48H52N2. The second-order valence-corrected chi connectivity index (χ2v) is 16.5. The molecule has 0 spiro atoms. The molecule has 254 valence electrons. The van der Waals surface area contributed by atoms with Crippen molar-refractivity contribution in [2.45, 2.75) is 78.6 Å². The van der Waals surface area contributed by atoms with E-state index < -0.39 is 0 Å². The average Bonchev–Trinajstić information content (AvgIpc) is 3.08. The monoisotopic (exact) mass is 656 g/mol. The van der Waals surface area contributed by atoms with Crippen LogP contribution in [-0.4, -0.2) is 0 Å². The first-order chi connectivity index (χ1) is 23.7. The van der Waals surface area contributed by atoms with Crippen molar-refractivity contribution in [3.05, 3.63) is 162 Å². The summed E-state index contributed by atoms with van der Waals surface area (Å²) in [6.45, 7) is 20.5. The van der Waals surface area contributed by atoms with Crippen LogP contribution < -0.4 is 10.2 Å². The fraction of sp³-hybridized carbons (Fsp3) is 0.250. The van der Waals surface area contributed by atoms with Crippen molar-refractivity contribution in [2.24, 2.45) is 0 Å². The Kier molecular flexibility index (Phi) is 9.51. The summed E-state index contributed by atoms with van der Waals surface area (Å²) in [5, 5.41) is 3.83. The first kappa shape index (κ1) is 34.8. The Bertz CT molecular complexity index is 2050. The second kappa shape index (κ2) is 13.7. The van der Waals surface area contributed by atoms with Crippen LogP contribution in [0.5, 0.6) is 0 Å². The van der Waals surface area contributed by atoms with Crippen LogP contribution in [0.15, 0.2) is 146 Å². The van der Waals surface area contributed by atoms with E-state index in [0.717, 1.165) is 28.4 Å². The Labute approximate surface area is 300 Å². The quantitative estimate of drug-likeness (QED) is 0.184. The fourth-order valence-corrected chi connectivity index (χ4v) is 6.44. The maximum Gasteiger partial charge on any atom is 0.0540 e. The molecule has 6 aromatic carbocycles. The highest BCUT2D eigenvalue weighted by atomic mass is 15.1. The zero-order chi connectivity index (χ0) is 35.7. The molecule has 0 aliphatic carbocycles. The predicted octanol–water partition coefficient (Wildman–Crippen LogP) is 14.1. The summed E-state index contributed by atoms with van der Waals surface area (Å²) in [5.41, 5.74) is 14.3. The Morgan fingerprint density at radius 1 is 0.400 bits per heavy atom. The predicted molar refractivity (Wildman–Crippen MR) is 218 cm³/mol. The van der Waals surface area contributed by atoms with Crippen LogP contribution in [-0.2, 0) is 16.2 Å². The molecule has 0 fully saturated rings. The molecule has 0 aliphatic heterocycles. The maximum absolute atomic E-state index is 3.83. The molecule has 0 atom stereocenters. The van der Waals surface area contributed by atoms with E-state index in [2.05, 4.69) is 218 Å². The van der Waals surface area contributed by atoms with Crippen LogP contribution in [0.1, 0.15) is 79.0 Å². The molecule has 2 heteroatoms. The van der Waals surface area contributed by atoms with Crippen molar-refractivity contribution in [3.63, 3.8) is 0 Å². The Morgan fingerprint density at radius 3 is 1.46 bits per heavy atom. The van der Waals surface area contributed by atoms with Crippen LogP contribution in [0.4, 0.5) is 28.4 Å². The minimum absolute atomic E-state index is 0.0179. The third-order valence-corrected chi connectivity index (χ3v) is 9.53. The van der Waals surface area contributed by atoms with Gasteiger partial charge in [0.2, 0.25) is 0 Å². The van der Waals surface area contributed by atoms with E-state index in [1.54, 1.807) is 0 Å². The number of anilines is 5. The van der Waals surface area contributed by atoms with E-state index in [1.165, 1.54) is 38.9 Å². The van der Waals surface area contributed by atoms with E-state index in [4.69, 9.17) is 0 Å². The van der Waals surface area contributed by atoms with Gasteiger partial charge in [-0.05, 0) is 98.7 Å². The van der Waals surface area contributed by atoms with Gasteiger partial charge in [0.15, 0.2) is 0 Å². The molecule has 50 heavy (non-hydrogen) atoms. The van der Waals surface area contributed by atoms with Gasteiger partial charge in [-0.3, -0.25) is 0 Å². The standard InChI is InChI=1S/C48H52N2/c1-46(2,3)36-23-27-40(28-24-36)50(45-30-26-38(48(7,8)9)32-43(45)35-19-14-11-15-20-35)41-22-16-21-39(33-41)49-44-29-25-37(47(4,5)6)31-42(44)34-17-12-10-13-18-34/h10-33,49H,1-9H3. The number of nitrogens with zero attached hydrogens (tertiary/aromatic N) is 1. The minimum atomic E-state index is 0.0179. The SMILES string of the molecule is CC(C)(C)c1ccc(N(c2cccc(Nc3ccc(C(C)(C)C)cc3-c3ccccc3)c2)c2ccc(C(C)(C)C)cc2-c2ccccc2)cc1. The highest BCUT2D eigenvalue weighted by Gasteiger charge is 2.23. The first-order valence-electron chi connectivity index (χ1n) is 17.9. The van der Waals surface area contributed by atoms with Crippen molar-refractivity contribution >= 4 is 28.4 Å². The topological polar surface area (TPSA) is 15.3 Å². The minimum Gasteiger partial charge on any atom is -0.355 e. The van der Waals surface area contributed by atoms with Crippen molar-refractivity contribution < 1.29 is 0 Å². The lowest BCUT2D eigenvalue weighted by atomic mass is 9.84. The maximum atomic E-state index is 3.83. The molecule has 0 aliphatic rings. The summed E-state index contributed by atoms with van der Waals surface area (Å²) >= 11 is 0. The molecule has 6 rings (SSSR count). The van der Waals surface area contributed by atoms with E-state index >= 15 is 0 Å². The van der Waals surface area contributed by atoms with E-state index in [9.17, 15) is 0 Å². The third kappa shape index (κ3) is 7.71. The van der Waals surface area contributed by atoms with E-state index in [0.29, 0.717) is 0 Å². The average molecular weight is 657 g/mol. The smallest absolute Gasteiger partial charge is 0.0540 e. The van der Waals surface area contributed by atoms with Crippen LogP contribution in [0, 0.1) is 0 Å². The van der Waals surface area contributed by atoms with Gasteiger partial charge >= 0.3 is 0 Å². The zero-order valence-corrected chi connectivity index (χ0v) is 31.3. The summed E-state index contributed by atoms with van der Waals surface area (Å²) in [4.78, 5) is 2.41. The van der Waals surface area contributed by atoms with E-state index in [-0.39, 0.29) is 16.2 Å². The molecule has 0 radical (unpaired) electrons. The van der Waals surface area contributed by atoms with Crippen LogP contribution in [0.3, 0.4) is 0 Å². The first-order valence-corrected chi connectivity index (χ1v) is 17.9. The lowest BCUT2D eigenvalue weighted by molar-refractivity contribution is 0.590. The summed E-state index contributed by atoms with van der Waals surface area (Å²) in [6, 6.07) is 53.2. The summed E-state index contributed by atoms with van der Waals surface area (Å²) in [5.74, 6) is 0. The summed E-state index contributed by atoms with van der Waals surface area (Å²) in [7, 11) is 0. The Morgan fingerprint density at radius 2 is 0.900 bits per heavy atom. The number of benzene rings is 6. The van der Waals surface area contributed by atoms with Crippen LogP contribution >= 0.6 is 0 Å². The molecule has 0 saturated carbocycles. The summed E-state index contributed by atoms with van der Waals surface area (Å²) < 4.78 is 0. The van der Waals surface area contributed by atoms with Crippen LogP contribution in [0.2, 0.25) is 0 Å². The second-order valence-electron chi connectivity index (χ2n) is 16.5. The van der Waals surface area contributed by atoms with Crippen molar-refractivity contribution in [1.82, 2.24) is 0 Å². The molecule has 0 aromatic heterocycles. The highest BCUT2D eigenvalue weighted by Crippen LogP contribution is 2.44. The molecule has 0 amide bonds. The molecule has 0 saturated heterocycles. The number of nitrogens with one attached hydrogen (secondary N) is 1. The molecule has 6 aromatic rings. The highest BCUT2D eigenvalue weighted by molar-refractivity contribution is 5.90. The van der Waals surface area contributed by atoms with Gasteiger partial charge in [-0.15, -0.1) is 0 Å². The van der Waals surface area contributed by atoms with Gasteiger partial charge in [0.1, 0.15) is 0 Å². The zero-order valence-electron chi connectivity index (χ0n) is 31.3. The molecule has 2 nitrogen and oxygen atoms in total. The lowest BCUT2D eigenvalue weighted by Crippen LogP contribution is -2.15. The Balaban J connectivity index is 1.51. The van der Waals surface area contributed by atoms with E-state index in [1.807, 2.05) is 0 Å². The molecule has 0 unspecified atom stereocenters. The van der Waals surface area contributed by atoms with Gasteiger partial charge in [-0.1, -0.05) is 153 Å². The van der Waals surface area contributed by atoms with Crippen molar-refractivity contribution in [1.29, 1.82) is 0 Å². The van der Waals surface area contributed by atoms with Gasteiger partial charge in [-0.25, -0.2) is 0 Å². The molecule has 0 bridgehead atoms. The summed E-state index contributed by atoms with van der Waals surface area (Å²) in [6.07, 6.45) is 0. The van der Waals surface area contributed by atoms with Gasteiger partial charge in [0, 0.05) is 33.9 Å². The van der Waals surface area contributed by atoms with Gasteiger partial charge in [-0.2, -0.15) is 0 Å². The van der Waals surface area contributed by atoms with Gasteiger partial charge in [0.05, 0.1) is 5.69 Å². The number of hydrogen-bond acceptors (Lipinski definition) is 2. The van der Waals surface area contributed by atoms with Gasteiger partial charge < -0.3 is 10.2 Å². The van der Waals surface area contributed by atoms with Crippen molar-refractivity contribution in [2.75, 3.05) is 10.2 Å². The largest absolute Gasteiger partial charge is 0.355 e. The molecule has 1 N–H and O–H groups in total. The molecule has 0 heterocycles. The van der Waals surface area contributed by atoms with Gasteiger partial charge in [0.25, 0.3) is 0 Å².